The molecular weight excluding hydrogens is 306 g/mol. The number of hydrogen-bond acceptors (Lipinski definition) is 3. The van der Waals surface area contributed by atoms with E-state index in [1.54, 1.807) is 0 Å². The molecule has 1 aliphatic carbocycles. The van der Waals surface area contributed by atoms with Gasteiger partial charge < -0.3 is 14.4 Å². The summed E-state index contributed by atoms with van der Waals surface area (Å²) < 4.78 is 5.94. The van der Waals surface area contributed by atoms with Gasteiger partial charge in [0, 0.05) is 18.9 Å². The molecule has 1 amide bonds. The van der Waals surface area contributed by atoms with Gasteiger partial charge in [0.25, 0.3) is 0 Å². The van der Waals surface area contributed by atoms with Crippen LogP contribution in [0, 0.1) is 17.8 Å². The van der Waals surface area contributed by atoms with Crippen LogP contribution in [0.2, 0.25) is 0 Å². The molecular formula is C19H27NO4. The quantitative estimate of drug-likeness (QED) is 0.913. The second-order valence-electron chi connectivity index (χ2n) is 7.38. The summed E-state index contributed by atoms with van der Waals surface area (Å²) in [5, 5.41) is 9.18. The van der Waals surface area contributed by atoms with Gasteiger partial charge in [0.15, 0.2) is 0 Å². The van der Waals surface area contributed by atoms with Crippen molar-refractivity contribution in [2.24, 2.45) is 17.8 Å². The molecule has 2 fully saturated rings. The summed E-state index contributed by atoms with van der Waals surface area (Å²) in [6.07, 6.45) is 4.54. The number of amides is 1. The number of carboxylic acids is 1. The summed E-state index contributed by atoms with van der Waals surface area (Å²) >= 11 is 0. The molecule has 0 radical (unpaired) electrons. The van der Waals surface area contributed by atoms with Crippen molar-refractivity contribution >= 4 is 11.9 Å². The van der Waals surface area contributed by atoms with E-state index < -0.39 is 5.97 Å². The summed E-state index contributed by atoms with van der Waals surface area (Å²) in [5.41, 5.74) is 0. The van der Waals surface area contributed by atoms with E-state index in [1.807, 2.05) is 17.0 Å². The smallest absolute Gasteiger partial charge is 0.306 e. The van der Waals surface area contributed by atoms with Gasteiger partial charge in [-0.25, -0.2) is 0 Å². The monoisotopic (exact) mass is 333 g/mol. The highest BCUT2D eigenvalue weighted by molar-refractivity contribution is 5.81. The molecule has 1 saturated carbocycles. The number of nitrogens with zero attached hydrogens (tertiary/aromatic N) is 1. The second kappa shape index (κ2) is 6.99. The Morgan fingerprint density at radius 3 is 2.58 bits per heavy atom. The lowest BCUT2D eigenvalue weighted by molar-refractivity contribution is -0.142. The van der Waals surface area contributed by atoms with Crippen molar-refractivity contribution in [1.82, 2.24) is 4.90 Å². The van der Waals surface area contributed by atoms with Crippen molar-refractivity contribution in [2.45, 2.75) is 58.4 Å². The summed E-state index contributed by atoms with van der Waals surface area (Å²) in [5.74, 6) is 1.21. The van der Waals surface area contributed by atoms with Crippen LogP contribution in [0.4, 0.5) is 0 Å². The first-order chi connectivity index (χ1) is 11.5. The SMILES string of the molecule is CCc1ccc(C2CC(C)CCN2C(=O)[C@@H]2CC[C@H](C(=O)O)C2)o1. The summed E-state index contributed by atoms with van der Waals surface area (Å²) in [4.78, 5) is 26.1. The van der Waals surface area contributed by atoms with E-state index in [4.69, 9.17) is 4.42 Å². The van der Waals surface area contributed by atoms with Crippen molar-refractivity contribution < 1.29 is 19.1 Å². The number of carbonyl (C=O) groups excluding carboxylic acids is 1. The van der Waals surface area contributed by atoms with Crippen molar-refractivity contribution in [1.29, 1.82) is 0 Å². The van der Waals surface area contributed by atoms with Gasteiger partial charge in [0.2, 0.25) is 5.91 Å². The lowest BCUT2D eigenvalue weighted by Crippen LogP contribution is -2.43. The standard InChI is InChI=1S/C19H27NO4/c1-3-15-6-7-17(24-15)16-10-12(2)8-9-20(16)18(21)13-4-5-14(11-13)19(22)23/h6-7,12-14,16H,3-5,8-11H2,1-2H3,(H,22,23)/t12?,13-,14+,16?/m1/s1. The number of furan rings is 1. The molecule has 2 heterocycles. The van der Waals surface area contributed by atoms with Gasteiger partial charge >= 0.3 is 5.97 Å². The molecule has 5 heteroatoms. The fourth-order valence-corrected chi connectivity index (χ4v) is 4.10. The molecule has 1 saturated heterocycles. The van der Waals surface area contributed by atoms with E-state index in [1.165, 1.54) is 0 Å². The van der Waals surface area contributed by atoms with Crippen LogP contribution >= 0.6 is 0 Å². The van der Waals surface area contributed by atoms with Gasteiger partial charge in [-0.15, -0.1) is 0 Å². The average molecular weight is 333 g/mol. The third-order valence-electron chi connectivity index (χ3n) is 5.64. The molecule has 1 aromatic heterocycles. The molecule has 1 aliphatic heterocycles. The largest absolute Gasteiger partial charge is 0.481 e. The van der Waals surface area contributed by atoms with Gasteiger partial charge in [0.1, 0.15) is 11.5 Å². The van der Waals surface area contributed by atoms with E-state index in [0.717, 1.165) is 37.3 Å². The highest BCUT2D eigenvalue weighted by Crippen LogP contribution is 2.39. The molecule has 3 rings (SSSR count). The normalized spacial score (nSPS) is 30.5. The third-order valence-corrected chi connectivity index (χ3v) is 5.64. The Kier molecular flexibility index (Phi) is 4.97. The number of aryl methyl sites for hydroxylation is 1. The van der Waals surface area contributed by atoms with Crippen LogP contribution in [-0.4, -0.2) is 28.4 Å². The Balaban J connectivity index is 1.76. The number of likely N-dealkylation sites (tertiary alicyclic amines) is 1. The molecule has 2 unspecified atom stereocenters. The molecule has 5 nitrogen and oxygen atoms in total. The highest BCUT2D eigenvalue weighted by atomic mass is 16.4. The first kappa shape index (κ1) is 17.1. The minimum atomic E-state index is -0.771. The molecule has 1 aromatic rings. The molecule has 132 valence electrons. The van der Waals surface area contributed by atoms with E-state index in [-0.39, 0.29) is 23.8 Å². The van der Waals surface area contributed by atoms with Crippen molar-refractivity contribution in [3.8, 4) is 0 Å². The zero-order chi connectivity index (χ0) is 17.3. The average Bonchev–Trinajstić information content (AvgIpc) is 3.23. The van der Waals surface area contributed by atoms with Crippen molar-refractivity contribution in [3.63, 3.8) is 0 Å². The second-order valence-corrected chi connectivity index (χ2v) is 7.38. The van der Waals surface area contributed by atoms with Crippen LogP contribution in [0.3, 0.4) is 0 Å². The van der Waals surface area contributed by atoms with Crippen LogP contribution in [0.15, 0.2) is 16.5 Å². The van der Waals surface area contributed by atoms with E-state index >= 15 is 0 Å². The Morgan fingerprint density at radius 1 is 1.21 bits per heavy atom. The molecule has 24 heavy (non-hydrogen) atoms. The Morgan fingerprint density at radius 2 is 1.96 bits per heavy atom. The fourth-order valence-electron chi connectivity index (χ4n) is 4.10. The first-order valence-corrected chi connectivity index (χ1v) is 9.11. The van der Waals surface area contributed by atoms with Gasteiger partial charge in [-0.1, -0.05) is 13.8 Å². The van der Waals surface area contributed by atoms with Crippen molar-refractivity contribution in [3.05, 3.63) is 23.7 Å². The zero-order valence-corrected chi connectivity index (χ0v) is 14.5. The van der Waals surface area contributed by atoms with Gasteiger partial charge in [-0.3, -0.25) is 9.59 Å². The molecule has 1 N–H and O–H groups in total. The van der Waals surface area contributed by atoms with Crippen LogP contribution < -0.4 is 0 Å². The Bertz CT molecular complexity index is 608. The number of carbonyl (C=O) groups is 2. The zero-order valence-electron chi connectivity index (χ0n) is 14.5. The van der Waals surface area contributed by atoms with E-state index in [0.29, 0.717) is 25.2 Å². The van der Waals surface area contributed by atoms with Gasteiger partial charge in [0.05, 0.1) is 12.0 Å². The van der Waals surface area contributed by atoms with Crippen LogP contribution in [0.5, 0.6) is 0 Å². The molecule has 2 aliphatic rings. The first-order valence-electron chi connectivity index (χ1n) is 9.11. The lowest BCUT2D eigenvalue weighted by Gasteiger charge is -2.38. The number of rotatable bonds is 4. The minimum absolute atomic E-state index is 0.00886. The summed E-state index contributed by atoms with van der Waals surface area (Å²) in [6, 6.07) is 3.98. The summed E-state index contributed by atoms with van der Waals surface area (Å²) in [7, 11) is 0. The number of aliphatic carboxylic acids is 1. The highest BCUT2D eigenvalue weighted by Gasteiger charge is 2.40. The minimum Gasteiger partial charge on any atom is -0.481 e. The predicted molar refractivity (Wildman–Crippen MR) is 89.4 cm³/mol. The number of hydrogen-bond donors (Lipinski definition) is 1. The molecule has 0 spiro atoms. The lowest BCUT2D eigenvalue weighted by atomic mass is 9.89. The maximum atomic E-state index is 13.0. The van der Waals surface area contributed by atoms with Gasteiger partial charge in [-0.2, -0.15) is 0 Å². The molecule has 0 aromatic carbocycles. The van der Waals surface area contributed by atoms with Crippen LogP contribution in [0.25, 0.3) is 0 Å². The molecule has 0 bridgehead atoms. The third kappa shape index (κ3) is 3.35. The van der Waals surface area contributed by atoms with Crippen LogP contribution in [0.1, 0.15) is 63.5 Å². The maximum absolute atomic E-state index is 13.0. The number of piperidine rings is 1. The van der Waals surface area contributed by atoms with Crippen LogP contribution in [-0.2, 0) is 16.0 Å². The fraction of sp³-hybridized carbons (Fsp3) is 0.684. The van der Waals surface area contributed by atoms with Gasteiger partial charge in [-0.05, 0) is 50.2 Å². The van der Waals surface area contributed by atoms with E-state index in [9.17, 15) is 14.7 Å². The maximum Gasteiger partial charge on any atom is 0.306 e. The Labute approximate surface area is 143 Å². The van der Waals surface area contributed by atoms with Crippen molar-refractivity contribution in [2.75, 3.05) is 6.54 Å². The Hall–Kier alpha value is -1.78. The van der Waals surface area contributed by atoms with E-state index in [2.05, 4.69) is 13.8 Å². The topological polar surface area (TPSA) is 70.8 Å². The number of carboxylic acid groups (broad SMARTS) is 1. The summed E-state index contributed by atoms with van der Waals surface area (Å²) in [6.45, 7) is 5.01. The predicted octanol–water partition coefficient (Wildman–Crippen LogP) is 3.64. The molecule has 4 atom stereocenters.